The van der Waals surface area contributed by atoms with E-state index >= 15 is 0 Å². The molecule has 1 heterocycles. The topological polar surface area (TPSA) is 61.8 Å². The van der Waals surface area contributed by atoms with Crippen LogP contribution >= 0.6 is 0 Å². The molecule has 0 N–H and O–H groups in total. The molecule has 0 bridgehead atoms. The van der Waals surface area contributed by atoms with Gasteiger partial charge in [0.25, 0.3) is 0 Å². The fourth-order valence-corrected chi connectivity index (χ4v) is 9.86. The van der Waals surface area contributed by atoms with Crippen LogP contribution in [0, 0.1) is 46.3 Å². The molecule has 36 heavy (non-hydrogen) atoms. The Morgan fingerprint density at radius 3 is 2.47 bits per heavy atom. The van der Waals surface area contributed by atoms with Gasteiger partial charge in [-0.2, -0.15) is 0 Å². The fourth-order valence-electron chi connectivity index (χ4n) is 9.86. The lowest BCUT2D eigenvalue weighted by Crippen LogP contribution is -2.54. The van der Waals surface area contributed by atoms with Crippen LogP contribution in [0.3, 0.4) is 0 Å². The van der Waals surface area contributed by atoms with Gasteiger partial charge in [0.1, 0.15) is 12.2 Å². The normalized spacial score (nSPS) is 44.0. The van der Waals surface area contributed by atoms with Gasteiger partial charge in [-0.05, 0) is 111 Å². The number of esters is 2. The van der Waals surface area contributed by atoms with Crippen LogP contribution < -0.4 is 0 Å². The number of carbonyl (C=O) groups excluding carboxylic acids is 2. The Morgan fingerprint density at radius 2 is 1.75 bits per heavy atom. The van der Waals surface area contributed by atoms with Gasteiger partial charge in [0.15, 0.2) is 0 Å². The second-order valence-electron chi connectivity index (χ2n) is 13.6. The van der Waals surface area contributed by atoms with Gasteiger partial charge < -0.3 is 14.2 Å². The smallest absolute Gasteiger partial charge is 0.302 e. The largest absolute Gasteiger partial charge is 0.494 e. The van der Waals surface area contributed by atoms with Crippen molar-refractivity contribution in [2.24, 2.45) is 46.3 Å². The van der Waals surface area contributed by atoms with E-state index in [4.69, 9.17) is 14.2 Å². The summed E-state index contributed by atoms with van der Waals surface area (Å²) in [5.41, 5.74) is 2.25. The molecular formula is C31H48O5. The first-order chi connectivity index (χ1) is 17.0. The van der Waals surface area contributed by atoms with E-state index < -0.39 is 0 Å². The van der Waals surface area contributed by atoms with E-state index in [0.717, 1.165) is 43.4 Å². The molecular weight excluding hydrogens is 452 g/mol. The quantitative estimate of drug-likeness (QED) is 0.374. The highest BCUT2D eigenvalue weighted by Crippen LogP contribution is 2.69. The van der Waals surface area contributed by atoms with E-state index in [0.29, 0.717) is 41.3 Å². The van der Waals surface area contributed by atoms with Crippen LogP contribution in [0.2, 0.25) is 0 Å². The number of hydrogen-bond donors (Lipinski definition) is 0. The Balaban J connectivity index is 1.26. The Bertz CT molecular complexity index is 909. The molecule has 0 aromatic carbocycles. The first kappa shape index (κ1) is 26.1. The summed E-state index contributed by atoms with van der Waals surface area (Å²) in [5, 5.41) is 0. The molecule has 202 valence electrons. The molecule has 0 radical (unpaired) electrons. The van der Waals surface area contributed by atoms with E-state index in [1.54, 1.807) is 6.92 Å². The summed E-state index contributed by atoms with van der Waals surface area (Å²) in [6.45, 7) is 13.2. The summed E-state index contributed by atoms with van der Waals surface area (Å²) >= 11 is 0. The van der Waals surface area contributed by atoms with Gasteiger partial charge in [-0.1, -0.05) is 20.8 Å². The third-order valence-electron chi connectivity index (χ3n) is 11.6. The molecule has 0 aromatic heterocycles. The second-order valence-corrected chi connectivity index (χ2v) is 13.6. The summed E-state index contributed by atoms with van der Waals surface area (Å²) in [4.78, 5) is 22.7. The molecule has 1 aliphatic heterocycles. The summed E-state index contributed by atoms with van der Waals surface area (Å²) < 4.78 is 17.6. The lowest BCUT2D eigenvalue weighted by molar-refractivity contribution is -0.159. The Morgan fingerprint density at radius 1 is 1.00 bits per heavy atom. The third-order valence-corrected chi connectivity index (χ3v) is 11.6. The van der Waals surface area contributed by atoms with Crippen molar-refractivity contribution in [3.05, 3.63) is 11.3 Å². The van der Waals surface area contributed by atoms with Crippen LogP contribution in [-0.2, 0) is 23.8 Å². The fraction of sp³-hybridized carbons (Fsp3) is 0.871. The zero-order valence-electron chi connectivity index (χ0n) is 23.4. The minimum Gasteiger partial charge on any atom is -0.494 e. The number of allylic oxidation sites excluding steroid dienone is 1. The number of rotatable bonds is 6. The van der Waals surface area contributed by atoms with Crippen LogP contribution in [0.25, 0.3) is 0 Å². The van der Waals surface area contributed by atoms with E-state index in [1.165, 1.54) is 56.8 Å². The van der Waals surface area contributed by atoms with Gasteiger partial charge in [0, 0.05) is 26.2 Å². The minimum absolute atomic E-state index is 0.120. The molecule has 5 rings (SSSR count). The van der Waals surface area contributed by atoms with Crippen LogP contribution in [0.4, 0.5) is 0 Å². The van der Waals surface area contributed by atoms with Gasteiger partial charge in [-0.3, -0.25) is 9.59 Å². The molecule has 0 amide bonds. The van der Waals surface area contributed by atoms with Crippen LogP contribution in [0.1, 0.15) is 106 Å². The lowest BCUT2D eigenvalue weighted by atomic mass is 9.44. The summed E-state index contributed by atoms with van der Waals surface area (Å²) in [5.74, 6) is 4.89. The van der Waals surface area contributed by atoms with Crippen molar-refractivity contribution in [2.45, 2.75) is 118 Å². The maximum Gasteiger partial charge on any atom is 0.302 e. The number of ether oxygens (including phenoxy) is 3. The Kier molecular flexibility index (Phi) is 7.00. The van der Waals surface area contributed by atoms with Crippen molar-refractivity contribution in [3.63, 3.8) is 0 Å². The zero-order chi connectivity index (χ0) is 25.8. The van der Waals surface area contributed by atoms with Crippen molar-refractivity contribution in [1.29, 1.82) is 0 Å². The summed E-state index contributed by atoms with van der Waals surface area (Å²) in [6, 6.07) is 0. The highest BCUT2D eigenvalue weighted by atomic mass is 16.5. The molecule has 4 saturated carbocycles. The number of fused-ring (bicyclic) bond motifs is 7. The highest BCUT2D eigenvalue weighted by Gasteiger charge is 2.64. The summed E-state index contributed by atoms with van der Waals surface area (Å²) in [7, 11) is 0. The van der Waals surface area contributed by atoms with Crippen molar-refractivity contribution >= 4 is 11.9 Å². The molecule has 4 unspecified atom stereocenters. The molecule has 5 heteroatoms. The Hall–Kier alpha value is -1.52. The van der Waals surface area contributed by atoms with Gasteiger partial charge in [-0.25, -0.2) is 0 Å². The van der Waals surface area contributed by atoms with E-state index in [-0.39, 0.29) is 18.0 Å². The molecule has 4 fully saturated rings. The lowest BCUT2D eigenvalue weighted by Gasteiger charge is -2.61. The molecule has 0 spiro atoms. The molecule has 4 aliphatic carbocycles. The van der Waals surface area contributed by atoms with E-state index in [9.17, 15) is 9.59 Å². The number of hydrogen-bond acceptors (Lipinski definition) is 5. The second kappa shape index (κ2) is 9.66. The first-order valence-corrected chi connectivity index (χ1v) is 14.7. The molecule has 5 aliphatic rings. The van der Waals surface area contributed by atoms with Gasteiger partial charge in [0.05, 0.1) is 12.4 Å². The van der Waals surface area contributed by atoms with Gasteiger partial charge in [0.2, 0.25) is 0 Å². The average Bonchev–Trinajstić information content (AvgIpc) is 3.29. The molecule has 0 aromatic rings. The SMILES string of the molecule is CC(=O)OC[C@@H](C)CCC1=C(C)C2[C@H](C[C@H]3C4CCC5C[C@@H](OC(C)=O)CC[C@]5(C)C4CC[C@]23C)O1. The first-order valence-electron chi connectivity index (χ1n) is 14.7. The van der Waals surface area contributed by atoms with Crippen molar-refractivity contribution < 1.29 is 23.8 Å². The van der Waals surface area contributed by atoms with Crippen LogP contribution in [0.5, 0.6) is 0 Å². The standard InChI is InChI=1S/C31H48O5/c1-18(17-34-20(3)32)7-10-27-19(2)29-28(36-27)16-26-24-9-8-22-15-23(35-21(4)33)11-13-30(22,5)25(24)12-14-31(26,29)6/h18,22-26,28-29H,7-17H2,1-6H3/t18-,22?,23-,24?,25?,26-,28-,29?,30-,31-/m0/s1. The van der Waals surface area contributed by atoms with Gasteiger partial charge >= 0.3 is 11.9 Å². The van der Waals surface area contributed by atoms with Crippen LogP contribution in [-0.4, -0.2) is 30.8 Å². The maximum atomic E-state index is 11.6. The van der Waals surface area contributed by atoms with Crippen molar-refractivity contribution in [2.75, 3.05) is 6.61 Å². The van der Waals surface area contributed by atoms with Crippen molar-refractivity contribution in [1.82, 2.24) is 0 Å². The van der Waals surface area contributed by atoms with E-state index in [1.807, 2.05) is 0 Å². The van der Waals surface area contributed by atoms with Gasteiger partial charge in [-0.15, -0.1) is 0 Å². The molecule has 5 nitrogen and oxygen atoms in total. The monoisotopic (exact) mass is 500 g/mol. The number of carbonyl (C=O) groups is 2. The zero-order valence-corrected chi connectivity index (χ0v) is 23.4. The average molecular weight is 501 g/mol. The predicted molar refractivity (Wildman–Crippen MR) is 139 cm³/mol. The summed E-state index contributed by atoms with van der Waals surface area (Å²) in [6.07, 6.45) is 12.2. The minimum atomic E-state index is -0.196. The maximum absolute atomic E-state index is 11.6. The van der Waals surface area contributed by atoms with Crippen LogP contribution in [0.15, 0.2) is 11.3 Å². The van der Waals surface area contributed by atoms with E-state index in [2.05, 4.69) is 27.7 Å². The Labute approximate surface area is 218 Å². The molecule has 0 saturated heterocycles. The molecule has 10 atom stereocenters. The van der Waals surface area contributed by atoms with Crippen molar-refractivity contribution in [3.8, 4) is 0 Å². The third kappa shape index (κ3) is 4.41. The highest BCUT2D eigenvalue weighted by molar-refractivity contribution is 5.66. The predicted octanol–water partition coefficient (Wildman–Crippen LogP) is 6.84.